The SMILES string of the molecule is COC(=O)c1ccc(C)c(O)c1N. The number of phenolic OH excluding ortho intramolecular Hbond substituents is 1. The van der Waals surface area contributed by atoms with Crippen molar-refractivity contribution < 1.29 is 14.6 Å². The Hall–Kier alpha value is -1.71. The Balaban J connectivity index is 3.26. The Kier molecular flexibility index (Phi) is 2.41. The van der Waals surface area contributed by atoms with Gasteiger partial charge >= 0.3 is 5.97 Å². The summed E-state index contributed by atoms with van der Waals surface area (Å²) in [5, 5.41) is 9.40. The van der Waals surface area contributed by atoms with Crippen LogP contribution in [-0.4, -0.2) is 18.2 Å². The highest BCUT2D eigenvalue weighted by molar-refractivity contribution is 5.96. The van der Waals surface area contributed by atoms with Gasteiger partial charge in [0.2, 0.25) is 0 Å². The number of benzene rings is 1. The van der Waals surface area contributed by atoms with Crippen molar-refractivity contribution in [1.29, 1.82) is 0 Å². The molecule has 0 saturated heterocycles. The average molecular weight is 181 g/mol. The Morgan fingerprint density at radius 1 is 1.54 bits per heavy atom. The molecule has 13 heavy (non-hydrogen) atoms. The first-order valence-corrected chi connectivity index (χ1v) is 3.74. The number of nitrogens with two attached hydrogens (primary N) is 1. The molecule has 1 rings (SSSR count). The number of anilines is 1. The average Bonchev–Trinajstić information content (AvgIpc) is 2.13. The minimum atomic E-state index is -0.548. The fraction of sp³-hybridized carbons (Fsp3) is 0.222. The summed E-state index contributed by atoms with van der Waals surface area (Å²) in [5.74, 6) is -0.615. The van der Waals surface area contributed by atoms with Crippen LogP contribution in [0.15, 0.2) is 12.1 Å². The number of aryl methyl sites for hydroxylation is 1. The fourth-order valence-electron chi connectivity index (χ4n) is 1.00. The van der Waals surface area contributed by atoms with E-state index in [1.165, 1.54) is 13.2 Å². The van der Waals surface area contributed by atoms with Crippen molar-refractivity contribution in [2.45, 2.75) is 6.92 Å². The number of phenols is 1. The van der Waals surface area contributed by atoms with E-state index in [1.54, 1.807) is 13.0 Å². The molecule has 4 nitrogen and oxygen atoms in total. The normalized spacial score (nSPS) is 9.69. The van der Waals surface area contributed by atoms with Crippen LogP contribution in [-0.2, 0) is 4.74 Å². The number of hydrogen-bond donors (Lipinski definition) is 2. The van der Waals surface area contributed by atoms with Gasteiger partial charge in [0.25, 0.3) is 0 Å². The number of rotatable bonds is 1. The van der Waals surface area contributed by atoms with Crippen LogP contribution in [0.25, 0.3) is 0 Å². The highest BCUT2D eigenvalue weighted by Crippen LogP contribution is 2.28. The van der Waals surface area contributed by atoms with Crippen LogP contribution in [0, 0.1) is 6.92 Å². The van der Waals surface area contributed by atoms with Gasteiger partial charge in [0.05, 0.1) is 18.4 Å². The highest BCUT2D eigenvalue weighted by Gasteiger charge is 2.13. The van der Waals surface area contributed by atoms with Gasteiger partial charge in [0.15, 0.2) is 0 Å². The van der Waals surface area contributed by atoms with E-state index in [0.717, 1.165) is 0 Å². The van der Waals surface area contributed by atoms with Crippen molar-refractivity contribution in [2.24, 2.45) is 0 Å². The van der Waals surface area contributed by atoms with Gasteiger partial charge in [-0.25, -0.2) is 4.79 Å². The Morgan fingerprint density at radius 2 is 2.15 bits per heavy atom. The monoisotopic (exact) mass is 181 g/mol. The minimum absolute atomic E-state index is 0.0619. The molecule has 0 aliphatic carbocycles. The molecule has 4 heteroatoms. The highest BCUT2D eigenvalue weighted by atomic mass is 16.5. The van der Waals surface area contributed by atoms with E-state index in [0.29, 0.717) is 5.56 Å². The molecule has 0 aliphatic rings. The molecule has 1 aromatic rings. The predicted octanol–water partition coefficient (Wildman–Crippen LogP) is 1.07. The molecule has 0 amide bonds. The van der Waals surface area contributed by atoms with Crippen molar-refractivity contribution in [3.8, 4) is 5.75 Å². The van der Waals surface area contributed by atoms with E-state index in [2.05, 4.69) is 4.74 Å². The lowest BCUT2D eigenvalue weighted by Crippen LogP contribution is -2.05. The number of aromatic hydroxyl groups is 1. The maximum atomic E-state index is 11.1. The number of carbonyl (C=O) groups is 1. The summed E-state index contributed by atoms with van der Waals surface area (Å²) in [6.07, 6.45) is 0. The van der Waals surface area contributed by atoms with Crippen LogP contribution >= 0.6 is 0 Å². The first-order chi connectivity index (χ1) is 6.07. The van der Waals surface area contributed by atoms with Crippen molar-refractivity contribution in [3.63, 3.8) is 0 Å². The number of nitrogen functional groups attached to an aromatic ring is 1. The second-order valence-corrected chi connectivity index (χ2v) is 2.68. The molecule has 0 bridgehead atoms. The van der Waals surface area contributed by atoms with Gasteiger partial charge in [-0.15, -0.1) is 0 Å². The van der Waals surface area contributed by atoms with E-state index >= 15 is 0 Å². The Morgan fingerprint density at radius 3 is 2.69 bits per heavy atom. The molecule has 1 aromatic carbocycles. The fourth-order valence-corrected chi connectivity index (χ4v) is 1.00. The zero-order valence-electron chi connectivity index (χ0n) is 7.50. The lowest BCUT2D eigenvalue weighted by molar-refractivity contribution is 0.0601. The number of carbonyl (C=O) groups excluding carboxylic acids is 1. The molecule has 3 N–H and O–H groups in total. The third-order valence-electron chi connectivity index (χ3n) is 1.82. The van der Waals surface area contributed by atoms with Crippen LogP contribution < -0.4 is 5.73 Å². The standard InChI is InChI=1S/C9H11NO3/c1-5-3-4-6(9(12)13-2)7(10)8(5)11/h3-4,11H,10H2,1-2H3. The van der Waals surface area contributed by atoms with Gasteiger partial charge in [0, 0.05) is 0 Å². The molecule has 0 saturated carbocycles. The summed E-state index contributed by atoms with van der Waals surface area (Å²) in [6.45, 7) is 1.70. The molecular weight excluding hydrogens is 170 g/mol. The molecule has 70 valence electrons. The number of esters is 1. The van der Waals surface area contributed by atoms with Crippen LogP contribution in [0.3, 0.4) is 0 Å². The van der Waals surface area contributed by atoms with Crippen LogP contribution in [0.4, 0.5) is 5.69 Å². The maximum absolute atomic E-state index is 11.1. The zero-order chi connectivity index (χ0) is 10.0. The van der Waals surface area contributed by atoms with E-state index in [9.17, 15) is 9.90 Å². The molecule has 0 fully saturated rings. The zero-order valence-corrected chi connectivity index (χ0v) is 7.50. The minimum Gasteiger partial charge on any atom is -0.505 e. The van der Waals surface area contributed by atoms with E-state index in [4.69, 9.17) is 5.73 Å². The quantitative estimate of drug-likeness (QED) is 0.386. The largest absolute Gasteiger partial charge is 0.505 e. The van der Waals surface area contributed by atoms with Crippen LogP contribution in [0.1, 0.15) is 15.9 Å². The third kappa shape index (κ3) is 1.56. The van der Waals surface area contributed by atoms with Gasteiger partial charge in [-0.1, -0.05) is 6.07 Å². The summed E-state index contributed by atoms with van der Waals surface area (Å²) < 4.78 is 4.48. The van der Waals surface area contributed by atoms with E-state index in [1.807, 2.05) is 0 Å². The lowest BCUT2D eigenvalue weighted by atomic mass is 10.1. The molecule has 0 unspecified atom stereocenters. The van der Waals surface area contributed by atoms with Crippen molar-refractivity contribution in [1.82, 2.24) is 0 Å². The number of ether oxygens (including phenoxy) is 1. The van der Waals surface area contributed by atoms with Crippen LogP contribution in [0.5, 0.6) is 5.75 Å². The number of methoxy groups -OCH3 is 1. The molecule has 0 heterocycles. The van der Waals surface area contributed by atoms with Gasteiger partial charge in [-0.3, -0.25) is 0 Å². The van der Waals surface area contributed by atoms with Gasteiger partial charge < -0.3 is 15.6 Å². The maximum Gasteiger partial charge on any atom is 0.340 e. The molecule has 0 aliphatic heterocycles. The molecule has 0 radical (unpaired) electrons. The molecular formula is C9H11NO3. The first kappa shape index (κ1) is 9.38. The smallest absolute Gasteiger partial charge is 0.340 e. The molecule has 0 spiro atoms. The van der Waals surface area contributed by atoms with Gasteiger partial charge in [0.1, 0.15) is 5.75 Å². The summed E-state index contributed by atoms with van der Waals surface area (Å²) >= 11 is 0. The Labute approximate surface area is 75.9 Å². The van der Waals surface area contributed by atoms with Gasteiger partial charge in [-0.05, 0) is 18.6 Å². The lowest BCUT2D eigenvalue weighted by Gasteiger charge is -2.07. The van der Waals surface area contributed by atoms with Gasteiger partial charge in [-0.2, -0.15) is 0 Å². The first-order valence-electron chi connectivity index (χ1n) is 3.74. The second kappa shape index (κ2) is 3.35. The Bertz CT molecular complexity index is 347. The van der Waals surface area contributed by atoms with Crippen molar-refractivity contribution in [3.05, 3.63) is 23.3 Å². The molecule has 0 atom stereocenters. The second-order valence-electron chi connectivity index (χ2n) is 2.68. The third-order valence-corrected chi connectivity index (χ3v) is 1.82. The van der Waals surface area contributed by atoms with Crippen molar-refractivity contribution in [2.75, 3.05) is 12.8 Å². The summed E-state index contributed by atoms with van der Waals surface area (Å²) in [6, 6.07) is 3.13. The number of hydrogen-bond acceptors (Lipinski definition) is 4. The van der Waals surface area contributed by atoms with E-state index < -0.39 is 5.97 Å². The summed E-state index contributed by atoms with van der Waals surface area (Å²) in [5.41, 5.74) is 6.39. The van der Waals surface area contributed by atoms with Crippen molar-refractivity contribution >= 4 is 11.7 Å². The summed E-state index contributed by atoms with van der Waals surface area (Å²) in [4.78, 5) is 11.1. The van der Waals surface area contributed by atoms with Crippen LogP contribution in [0.2, 0.25) is 0 Å². The summed E-state index contributed by atoms with van der Waals surface area (Å²) in [7, 11) is 1.26. The molecule has 0 aromatic heterocycles. The van der Waals surface area contributed by atoms with E-state index in [-0.39, 0.29) is 17.0 Å². The predicted molar refractivity (Wildman–Crippen MR) is 48.6 cm³/mol. The topological polar surface area (TPSA) is 72.5 Å².